The van der Waals surface area contributed by atoms with E-state index in [4.69, 9.17) is 0 Å². The minimum atomic E-state index is -0.671. The molecule has 0 aromatic carbocycles. The van der Waals surface area contributed by atoms with Gasteiger partial charge in [0, 0.05) is 12.8 Å². The SMILES string of the molecule is COC(=O)CCCC(=O)N[C@H](C)C(=O)OC. The first kappa shape index (κ1) is 14.4. The molecule has 6 heteroatoms. The highest BCUT2D eigenvalue weighted by atomic mass is 16.5. The highest BCUT2D eigenvalue weighted by Gasteiger charge is 2.15. The van der Waals surface area contributed by atoms with E-state index < -0.39 is 12.0 Å². The minimum absolute atomic E-state index is 0.177. The Bertz CT molecular complexity index is 264. The Morgan fingerprint density at radius 1 is 1.12 bits per heavy atom. The van der Waals surface area contributed by atoms with Gasteiger partial charge in [-0.3, -0.25) is 9.59 Å². The van der Waals surface area contributed by atoms with Crippen molar-refractivity contribution in [2.45, 2.75) is 32.2 Å². The van der Waals surface area contributed by atoms with Crippen LogP contribution in [0.15, 0.2) is 0 Å². The van der Waals surface area contributed by atoms with Gasteiger partial charge in [-0.25, -0.2) is 4.79 Å². The quantitative estimate of drug-likeness (QED) is 0.651. The molecular weight excluding hydrogens is 214 g/mol. The Balaban J connectivity index is 3.74. The maximum atomic E-state index is 11.3. The molecule has 0 unspecified atom stereocenters. The van der Waals surface area contributed by atoms with E-state index in [0.29, 0.717) is 6.42 Å². The third-order valence-corrected chi connectivity index (χ3v) is 1.94. The average molecular weight is 231 g/mol. The number of carbonyl (C=O) groups is 3. The summed E-state index contributed by atoms with van der Waals surface area (Å²) in [5.41, 5.74) is 0. The van der Waals surface area contributed by atoms with Crippen LogP contribution in [0.25, 0.3) is 0 Å². The Labute approximate surface area is 94.3 Å². The molecule has 6 nitrogen and oxygen atoms in total. The first-order valence-electron chi connectivity index (χ1n) is 4.95. The zero-order valence-corrected chi connectivity index (χ0v) is 9.74. The number of esters is 2. The molecule has 1 N–H and O–H groups in total. The van der Waals surface area contributed by atoms with Gasteiger partial charge >= 0.3 is 11.9 Å². The van der Waals surface area contributed by atoms with Gasteiger partial charge in [0.05, 0.1) is 14.2 Å². The van der Waals surface area contributed by atoms with Crippen molar-refractivity contribution in [2.75, 3.05) is 14.2 Å². The van der Waals surface area contributed by atoms with Crippen molar-refractivity contribution < 1.29 is 23.9 Å². The van der Waals surface area contributed by atoms with Gasteiger partial charge in [-0.1, -0.05) is 0 Å². The molecule has 0 aliphatic heterocycles. The van der Waals surface area contributed by atoms with Crippen LogP contribution in [-0.4, -0.2) is 38.1 Å². The van der Waals surface area contributed by atoms with E-state index in [1.165, 1.54) is 21.1 Å². The molecule has 1 atom stereocenters. The van der Waals surface area contributed by atoms with Crippen LogP contribution in [0.5, 0.6) is 0 Å². The van der Waals surface area contributed by atoms with Gasteiger partial charge in [-0.2, -0.15) is 0 Å². The van der Waals surface area contributed by atoms with Crippen LogP contribution in [0.2, 0.25) is 0 Å². The summed E-state index contributed by atoms with van der Waals surface area (Å²) in [7, 11) is 2.55. The molecule has 0 rings (SSSR count). The monoisotopic (exact) mass is 231 g/mol. The number of methoxy groups -OCH3 is 2. The third-order valence-electron chi connectivity index (χ3n) is 1.94. The zero-order valence-electron chi connectivity index (χ0n) is 9.74. The summed E-state index contributed by atoms with van der Waals surface area (Å²) in [6.07, 6.45) is 0.763. The summed E-state index contributed by atoms with van der Waals surface area (Å²) in [4.78, 5) is 33.0. The second kappa shape index (κ2) is 7.67. The number of rotatable bonds is 6. The van der Waals surface area contributed by atoms with Crippen molar-refractivity contribution in [3.8, 4) is 0 Å². The molecule has 0 bridgehead atoms. The van der Waals surface area contributed by atoms with Crippen LogP contribution in [0.4, 0.5) is 0 Å². The number of ether oxygens (including phenoxy) is 2. The molecule has 92 valence electrons. The molecule has 0 aliphatic carbocycles. The Morgan fingerprint density at radius 3 is 2.25 bits per heavy atom. The first-order valence-corrected chi connectivity index (χ1v) is 4.95. The molecule has 16 heavy (non-hydrogen) atoms. The summed E-state index contributed by atoms with van der Waals surface area (Å²) in [5, 5.41) is 2.46. The fraction of sp³-hybridized carbons (Fsp3) is 0.700. The maximum Gasteiger partial charge on any atom is 0.328 e. The van der Waals surface area contributed by atoms with Gasteiger partial charge in [0.2, 0.25) is 5.91 Å². The van der Waals surface area contributed by atoms with E-state index in [0.717, 1.165) is 0 Å². The number of nitrogens with one attached hydrogen (secondary N) is 1. The normalized spacial score (nSPS) is 11.4. The van der Waals surface area contributed by atoms with Crippen molar-refractivity contribution in [2.24, 2.45) is 0 Å². The Kier molecular flexibility index (Phi) is 6.91. The second-order valence-corrected chi connectivity index (χ2v) is 3.24. The van der Waals surface area contributed by atoms with Crippen LogP contribution >= 0.6 is 0 Å². The summed E-state index contributed by atoms with van der Waals surface area (Å²) in [5.74, 6) is -1.14. The van der Waals surface area contributed by atoms with Gasteiger partial charge in [0.15, 0.2) is 0 Å². The van der Waals surface area contributed by atoms with E-state index in [1.54, 1.807) is 0 Å². The molecule has 0 radical (unpaired) electrons. The van der Waals surface area contributed by atoms with Gasteiger partial charge < -0.3 is 14.8 Å². The van der Waals surface area contributed by atoms with Crippen LogP contribution in [-0.2, 0) is 23.9 Å². The summed E-state index contributed by atoms with van der Waals surface area (Å²) < 4.78 is 8.87. The lowest BCUT2D eigenvalue weighted by Crippen LogP contribution is -2.39. The average Bonchev–Trinajstić information content (AvgIpc) is 2.27. The Hall–Kier alpha value is -1.59. The van der Waals surface area contributed by atoms with Crippen LogP contribution < -0.4 is 5.32 Å². The fourth-order valence-electron chi connectivity index (χ4n) is 1.04. The molecule has 0 aliphatic rings. The van der Waals surface area contributed by atoms with Gasteiger partial charge in [-0.15, -0.1) is 0 Å². The number of hydrogen-bond donors (Lipinski definition) is 1. The van der Waals surface area contributed by atoms with Crippen molar-refractivity contribution >= 4 is 17.8 Å². The fourth-order valence-corrected chi connectivity index (χ4v) is 1.04. The predicted molar refractivity (Wildman–Crippen MR) is 55.5 cm³/mol. The molecule has 0 spiro atoms. The second-order valence-electron chi connectivity index (χ2n) is 3.24. The molecular formula is C10H17NO5. The number of hydrogen-bond acceptors (Lipinski definition) is 5. The van der Waals surface area contributed by atoms with E-state index in [9.17, 15) is 14.4 Å². The van der Waals surface area contributed by atoms with Crippen LogP contribution in [0.3, 0.4) is 0 Å². The largest absolute Gasteiger partial charge is 0.469 e. The Morgan fingerprint density at radius 2 is 1.75 bits per heavy atom. The molecule has 0 fully saturated rings. The molecule has 0 aromatic heterocycles. The lowest BCUT2D eigenvalue weighted by molar-refractivity contribution is -0.145. The van der Waals surface area contributed by atoms with Gasteiger partial charge in [0.25, 0.3) is 0 Å². The number of carbonyl (C=O) groups excluding carboxylic acids is 3. The van der Waals surface area contributed by atoms with Crippen molar-refractivity contribution in [3.63, 3.8) is 0 Å². The van der Waals surface area contributed by atoms with Crippen LogP contribution in [0.1, 0.15) is 26.2 Å². The highest BCUT2D eigenvalue weighted by molar-refractivity contribution is 5.84. The topological polar surface area (TPSA) is 81.7 Å². The highest BCUT2D eigenvalue weighted by Crippen LogP contribution is 1.98. The zero-order chi connectivity index (χ0) is 12.6. The molecule has 0 saturated heterocycles. The van der Waals surface area contributed by atoms with Gasteiger partial charge in [-0.05, 0) is 13.3 Å². The molecule has 0 saturated carbocycles. The van der Waals surface area contributed by atoms with E-state index >= 15 is 0 Å². The van der Waals surface area contributed by atoms with Gasteiger partial charge in [0.1, 0.15) is 6.04 Å². The van der Waals surface area contributed by atoms with E-state index in [1.807, 2.05) is 0 Å². The predicted octanol–water partition coefficient (Wildman–Crippen LogP) is 0.00740. The lowest BCUT2D eigenvalue weighted by atomic mass is 10.2. The standard InChI is InChI=1S/C10H17NO5/c1-7(10(14)16-3)11-8(12)5-4-6-9(13)15-2/h7H,4-6H2,1-3H3,(H,11,12)/t7-/m1/s1. The molecule has 0 aromatic rings. The van der Waals surface area contributed by atoms with Crippen molar-refractivity contribution in [1.29, 1.82) is 0 Å². The van der Waals surface area contributed by atoms with Crippen LogP contribution in [0, 0.1) is 0 Å². The van der Waals surface area contributed by atoms with E-state index in [-0.39, 0.29) is 24.7 Å². The third kappa shape index (κ3) is 6.00. The van der Waals surface area contributed by atoms with Crippen molar-refractivity contribution in [1.82, 2.24) is 5.32 Å². The lowest BCUT2D eigenvalue weighted by Gasteiger charge is -2.10. The summed E-state index contributed by atoms with van der Waals surface area (Å²) in [6.45, 7) is 1.53. The first-order chi connectivity index (χ1) is 7.51. The molecule has 0 heterocycles. The summed E-state index contributed by atoms with van der Waals surface area (Å²) >= 11 is 0. The minimum Gasteiger partial charge on any atom is -0.469 e. The summed E-state index contributed by atoms with van der Waals surface area (Å²) in [6, 6.07) is -0.671. The van der Waals surface area contributed by atoms with E-state index in [2.05, 4.69) is 14.8 Å². The van der Waals surface area contributed by atoms with Crippen molar-refractivity contribution in [3.05, 3.63) is 0 Å². The smallest absolute Gasteiger partial charge is 0.328 e. The molecule has 1 amide bonds. The number of amides is 1. The maximum absolute atomic E-state index is 11.3.